The Hall–Kier alpha value is -2.10. The third kappa shape index (κ3) is 2.78. The maximum atomic E-state index is 12.8. The number of carbonyl (C=O) groups is 2. The Morgan fingerprint density at radius 2 is 1.60 bits per heavy atom. The molecule has 1 aliphatic heterocycles. The lowest BCUT2D eigenvalue weighted by molar-refractivity contribution is -0.123. The van der Waals surface area contributed by atoms with E-state index in [4.69, 9.17) is 4.74 Å². The first-order valence-corrected chi connectivity index (χ1v) is 9.49. The average molecular weight is 339 g/mol. The Morgan fingerprint density at radius 1 is 0.960 bits per heavy atom. The van der Waals surface area contributed by atoms with Crippen molar-refractivity contribution in [1.82, 2.24) is 0 Å². The maximum absolute atomic E-state index is 12.8. The first kappa shape index (κ1) is 16.4. The van der Waals surface area contributed by atoms with Crippen LogP contribution in [0.4, 0.5) is 5.69 Å². The van der Waals surface area contributed by atoms with Gasteiger partial charge in [0, 0.05) is 0 Å². The van der Waals surface area contributed by atoms with E-state index in [9.17, 15) is 9.59 Å². The molecule has 4 rings (SSSR count). The molecule has 0 aromatic heterocycles. The molecule has 2 bridgehead atoms. The summed E-state index contributed by atoms with van der Waals surface area (Å²) < 4.78 is 5.74. The lowest BCUT2D eigenvalue weighted by Gasteiger charge is -2.17. The molecule has 1 heterocycles. The largest absolute Gasteiger partial charge is 0.494 e. The third-order valence-corrected chi connectivity index (χ3v) is 5.83. The lowest BCUT2D eigenvalue weighted by Crippen LogP contribution is -2.32. The summed E-state index contributed by atoms with van der Waals surface area (Å²) in [6, 6.07) is 7.37. The number of rotatable bonds is 7. The van der Waals surface area contributed by atoms with E-state index in [2.05, 4.69) is 19.1 Å². The van der Waals surface area contributed by atoms with Crippen molar-refractivity contribution in [2.75, 3.05) is 11.5 Å². The van der Waals surface area contributed by atoms with Gasteiger partial charge in [0.2, 0.25) is 11.8 Å². The maximum Gasteiger partial charge on any atom is 0.238 e. The molecule has 1 saturated heterocycles. The summed E-state index contributed by atoms with van der Waals surface area (Å²) >= 11 is 0. The predicted octanol–water partition coefficient (Wildman–Crippen LogP) is 3.96. The predicted molar refractivity (Wildman–Crippen MR) is 96.3 cm³/mol. The summed E-state index contributed by atoms with van der Waals surface area (Å²) in [5.41, 5.74) is 0.669. The Labute approximate surface area is 148 Å². The fraction of sp³-hybridized carbons (Fsp3) is 0.524. The number of amides is 2. The van der Waals surface area contributed by atoms with Gasteiger partial charge < -0.3 is 4.74 Å². The minimum atomic E-state index is -0.142. The second-order valence-electron chi connectivity index (χ2n) is 7.41. The summed E-state index contributed by atoms with van der Waals surface area (Å²) in [5.74, 6) is 0.958. The van der Waals surface area contributed by atoms with Gasteiger partial charge in [-0.15, -0.1) is 0 Å². The fourth-order valence-corrected chi connectivity index (χ4v) is 4.57. The van der Waals surface area contributed by atoms with Crippen LogP contribution in [-0.4, -0.2) is 18.4 Å². The van der Waals surface area contributed by atoms with Crippen LogP contribution >= 0.6 is 0 Å². The van der Waals surface area contributed by atoms with Gasteiger partial charge in [-0.05, 0) is 48.9 Å². The molecule has 1 aromatic carbocycles. The van der Waals surface area contributed by atoms with Gasteiger partial charge >= 0.3 is 0 Å². The van der Waals surface area contributed by atoms with Crippen molar-refractivity contribution in [2.24, 2.45) is 23.7 Å². The number of fused-ring (bicyclic) bond motifs is 5. The van der Waals surface area contributed by atoms with Crippen molar-refractivity contribution in [3.05, 3.63) is 36.4 Å². The first-order chi connectivity index (χ1) is 12.2. The van der Waals surface area contributed by atoms with E-state index in [-0.39, 0.29) is 35.5 Å². The molecule has 1 aromatic rings. The fourth-order valence-electron chi connectivity index (χ4n) is 4.57. The van der Waals surface area contributed by atoms with Crippen LogP contribution in [0, 0.1) is 23.7 Å². The van der Waals surface area contributed by atoms with Crippen LogP contribution in [0.5, 0.6) is 5.75 Å². The number of nitrogens with zero attached hydrogens (tertiary/aromatic N) is 1. The van der Waals surface area contributed by atoms with Crippen molar-refractivity contribution >= 4 is 17.5 Å². The zero-order chi connectivity index (χ0) is 17.4. The minimum Gasteiger partial charge on any atom is -0.494 e. The number of carbonyl (C=O) groups excluding carboxylic acids is 2. The summed E-state index contributed by atoms with van der Waals surface area (Å²) in [6.07, 6.45) is 9.90. The molecule has 3 aliphatic rings. The van der Waals surface area contributed by atoms with Crippen LogP contribution in [0.1, 0.15) is 39.0 Å². The molecule has 2 fully saturated rings. The topological polar surface area (TPSA) is 46.6 Å². The summed E-state index contributed by atoms with van der Waals surface area (Å²) in [4.78, 5) is 27.0. The number of imide groups is 1. The number of hydrogen-bond acceptors (Lipinski definition) is 3. The van der Waals surface area contributed by atoms with Gasteiger partial charge in [-0.3, -0.25) is 14.5 Å². The zero-order valence-corrected chi connectivity index (χ0v) is 14.7. The molecule has 4 nitrogen and oxygen atoms in total. The van der Waals surface area contributed by atoms with Crippen molar-refractivity contribution < 1.29 is 14.3 Å². The van der Waals surface area contributed by atoms with Gasteiger partial charge in [-0.1, -0.05) is 38.3 Å². The van der Waals surface area contributed by atoms with Crippen LogP contribution < -0.4 is 9.64 Å². The number of benzene rings is 1. The quantitative estimate of drug-likeness (QED) is 0.429. The Kier molecular flexibility index (Phi) is 4.36. The molecule has 0 N–H and O–H groups in total. The zero-order valence-electron chi connectivity index (χ0n) is 14.7. The van der Waals surface area contributed by atoms with Crippen LogP contribution in [0.2, 0.25) is 0 Å². The van der Waals surface area contributed by atoms with Crippen molar-refractivity contribution in [2.45, 2.75) is 39.0 Å². The van der Waals surface area contributed by atoms with Gasteiger partial charge in [0.25, 0.3) is 0 Å². The average Bonchev–Trinajstić information content (AvgIpc) is 3.30. The highest BCUT2D eigenvalue weighted by molar-refractivity contribution is 6.22. The van der Waals surface area contributed by atoms with Gasteiger partial charge in [0.15, 0.2) is 0 Å². The molecule has 0 radical (unpaired) electrons. The Balaban J connectivity index is 1.41. The van der Waals surface area contributed by atoms with E-state index < -0.39 is 0 Å². The molecule has 2 aliphatic carbocycles. The standard InChI is InChI=1S/C21H25NO3/c1-2-3-4-5-12-25-17-10-8-16(9-11-17)22-20(23)18-14-6-7-15(13-14)19(18)21(22)24/h6-11,14-15,18-19H,2-5,12-13H2,1H3. The molecular formula is C21H25NO3. The molecule has 0 spiro atoms. The molecular weight excluding hydrogens is 314 g/mol. The van der Waals surface area contributed by atoms with Gasteiger partial charge in [-0.2, -0.15) is 0 Å². The van der Waals surface area contributed by atoms with E-state index in [0.29, 0.717) is 12.3 Å². The highest BCUT2D eigenvalue weighted by atomic mass is 16.5. The Morgan fingerprint density at radius 3 is 2.20 bits per heavy atom. The lowest BCUT2D eigenvalue weighted by atomic mass is 9.85. The summed E-state index contributed by atoms with van der Waals surface area (Å²) in [6.45, 7) is 2.90. The van der Waals surface area contributed by atoms with Crippen LogP contribution in [0.15, 0.2) is 36.4 Å². The van der Waals surface area contributed by atoms with E-state index in [0.717, 1.165) is 18.6 Å². The van der Waals surface area contributed by atoms with Crippen LogP contribution in [0.3, 0.4) is 0 Å². The molecule has 25 heavy (non-hydrogen) atoms. The van der Waals surface area contributed by atoms with Crippen molar-refractivity contribution in [3.63, 3.8) is 0 Å². The van der Waals surface area contributed by atoms with E-state index in [1.807, 2.05) is 24.3 Å². The summed E-state index contributed by atoms with van der Waals surface area (Å²) in [7, 11) is 0. The third-order valence-electron chi connectivity index (χ3n) is 5.83. The highest BCUT2D eigenvalue weighted by Crippen LogP contribution is 2.53. The van der Waals surface area contributed by atoms with E-state index in [1.54, 1.807) is 0 Å². The Bertz CT molecular complexity index is 664. The number of allylic oxidation sites excluding steroid dienone is 2. The van der Waals surface area contributed by atoms with Crippen molar-refractivity contribution in [1.29, 1.82) is 0 Å². The molecule has 4 heteroatoms. The van der Waals surface area contributed by atoms with Gasteiger partial charge in [0.1, 0.15) is 5.75 Å². The highest BCUT2D eigenvalue weighted by Gasteiger charge is 2.59. The number of hydrogen-bond donors (Lipinski definition) is 0. The molecule has 132 valence electrons. The second-order valence-corrected chi connectivity index (χ2v) is 7.41. The number of unbranched alkanes of at least 4 members (excludes halogenated alkanes) is 3. The van der Waals surface area contributed by atoms with Crippen molar-refractivity contribution in [3.8, 4) is 5.75 Å². The number of ether oxygens (including phenoxy) is 1. The SMILES string of the molecule is CCCCCCOc1ccc(N2C(=O)C3C4C=CC(C4)C3C2=O)cc1. The molecule has 1 saturated carbocycles. The van der Waals surface area contributed by atoms with E-state index >= 15 is 0 Å². The molecule has 2 amide bonds. The van der Waals surface area contributed by atoms with Gasteiger partial charge in [-0.25, -0.2) is 0 Å². The monoisotopic (exact) mass is 339 g/mol. The van der Waals surface area contributed by atoms with Gasteiger partial charge in [0.05, 0.1) is 24.1 Å². The first-order valence-electron chi connectivity index (χ1n) is 9.49. The molecule has 4 unspecified atom stereocenters. The summed E-state index contributed by atoms with van der Waals surface area (Å²) in [5, 5.41) is 0. The van der Waals surface area contributed by atoms with Crippen LogP contribution in [-0.2, 0) is 9.59 Å². The number of anilines is 1. The smallest absolute Gasteiger partial charge is 0.238 e. The molecule has 4 atom stereocenters. The normalized spacial score (nSPS) is 29.6. The minimum absolute atomic E-state index is 0.0277. The second kappa shape index (κ2) is 6.66. The van der Waals surface area contributed by atoms with Crippen LogP contribution in [0.25, 0.3) is 0 Å². The van der Waals surface area contributed by atoms with E-state index in [1.165, 1.54) is 24.2 Å².